The molecule has 3 unspecified atom stereocenters. The van der Waals surface area contributed by atoms with Gasteiger partial charge in [0.2, 0.25) is 0 Å². The Morgan fingerprint density at radius 2 is 1.86 bits per heavy atom. The Balaban J connectivity index is 1.98. The molecule has 3 rings (SSSR count). The lowest BCUT2D eigenvalue weighted by Crippen LogP contribution is -2.50. The molecule has 0 aromatic carbocycles. The van der Waals surface area contributed by atoms with Gasteiger partial charge in [-0.15, -0.1) is 0 Å². The van der Waals surface area contributed by atoms with Gasteiger partial charge in [-0.1, -0.05) is 18.6 Å². The fraction of sp³-hybridized carbons (Fsp3) is 0.682. The van der Waals surface area contributed by atoms with Crippen LogP contribution in [0.4, 0.5) is 4.79 Å². The van der Waals surface area contributed by atoms with Crippen molar-refractivity contribution in [2.75, 3.05) is 6.54 Å². The van der Waals surface area contributed by atoms with Crippen molar-refractivity contribution in [3.05, 3.63) is 22.8 Å². The third kappa shape index (κ3) is 3.39. The molecule has 3 aliphatic rings. The van der Waals surface area contributed by atoms with E-state index in [1.807, 2.05) is 13.8 Å². The highest BCUT2D eigenvalue weighted by atomic mass is 16.6. The molecule has 1 spiro atoms. The quantitative estimate of drug-likeness (QED) is 0.700. The lowest BCUT2D eigenvalue weighted by molar-refractivity contribution is -0.148. The lowest BCUT2D eigenvalue weighted by atomic mass is 9.67. The molecule has 29 heavy (non-hydrogen) atoms. The Labute approximate surface area is 171 Å². The highest BCUT2D eigenvalue weighted by molar-refractivity contribution is 6.09. The third-order valence-corrected chi connectivity index (χ3v) is 6.41. The number of alkyl carbamates (subject to hydrolysis) is 1. The molecule has 0 radical (unpaired) electrons. The number of amides is 1. The van der Waals surface area contributed by atoms with E-state index < -0.39 is 40.2 Å². The molecule has 1 saturated carbocycles. The zero-order valence-corrected chi connectivity index (χ0v) is 18.3. The fourth-order valence-corrected chi connectivity index (χ4v) is 4.71. The summed E-state index contributed by atoms with van der Waals surface area (Å²) in [7, 11) is 0. The van der Waals surface area contributed by atoms with Crippen LogP contribution in [0.1, 0.15) is 61.3 Å². The number of rotatable bonds is 3. The second-order valence-corrected chi connectivity index (χ2v) is 9.93. The number of ketones is 1. The fourth-order valence-electron chi connectivity index (χ4n) is 4.71. The van der Waals surface area contributed by atoms with Gasteiger partial charge >= 0.3 is 12.1 Å². The summed E-state index contributed by atoms with van der Waals surface area (Å²) >= 11 is 0. The minimum Gasteiger partial charge on any atom is -0.457 e. The van der Waals surface area contributed by atoms with Gasteiger partial charge in [-0.05, 0) is 47.5 Å². The van der Waals surface area contributed by atoms with Crippen molar-refractivity contribution in [3.63, 3.8) is 0 Å². The molecule has 0 saturated heterocycles. The maximum atomic E-state index is 13.2. The van der Waals surface area contributed by atoms with Crippen LogP contribution in [-0.2, 0) is 19.1 Å². The summed E-state index contributed by atoms with van der Waals surface area (Å²) in [6, 6.07) is 0. The molecular weight excluding hydrogens is 374 g/mol. The number of esters is 1. The molecule has 0 aromatic heterocycles. The van der Waals surface area contributed by atoms with E-state index in [9.17, 15) is 19.5 Å². The standard InChI is InChI=1S/C22H31NO6/c1-12-15-14(16(25)21(7,27)22(12)8-9-22)10-20(6,17(15)28-13(2)24)11-23-18(26)29-19(3,4)5/h10,17,27H,8-9,11H2,1-7H3,(H,23,26). The third-order valence-electron chi connectivity index (χ3n) is 6.41. The van der Waals surface area contributed by atoms with Gasteiger partial charge in [0, 0.05) is 35.4 Å². The van der Waals surface area contributed by atoms with Crippen molar-refractivity contribution in [2.45, 2.75) is 78.6 Å². The van der Waals surface area contributed by atoms with Crippen LogP contribution in [0.25, 0.3) is 0 Å². The van der Waals surface area contributed by atoms with Gasteiger partial charge < -0.3 is 19.9 Å². The zero-order valence-electron chi connectivity index (χ0n) is 18.3. The summed E-state index contributed by atoms with van der Waals surface area (Å²) in [6.07, 6.45) is 1.85. The van der Waals surface area contributed by atoms with Crippen LogP contribution in [0.5, 0.6) is 0 Å². The molecule has 1 fully saturated rings. The van der Waals surface area contributed by atoms with Crippen LogP contribution in [0, 0.1) is 10.8 Å². The number of ether oxygens (including phenoxy) is 2. The van der Waals surface area contributed by atoms with E-state index in [2.05, 4.69) is 5.32 Å². The summed E-state index contributed by atoms with van der Waals surface area (Å²) < 4.78 is 11.0. The van der Waals surface area contributed by atoms with Crippen LogP contribution in [-0.4, -0.2) is 46.8 Å². The van der Waals surface area contributed by atoms with Crippen LogP contribution in [0.3, 0.4) is 0 Å². The summed E-state index contributed by atoms with van der Waals surface area (Å²) in [5.41, 5.74) is -1.64. The van der Waals surface area contributed by atoms with Crippen molar-refractivity contribution in [1.82, 2.24) is 5.32 Å². The number of hydrogen-bond acceptors (Lipinski definition) is 6. The first kappa shape index (κ1) is 21.6. The normalized spacial score (nSPS) is 32.6. The minimum absolute atomic E-state index is 0.114. The molecular formula is C22H31NO6. The highest BCUT2D eigenvalue weighted by Gasteiger charge is 2.67. The van der Waals surface area contributed by atoms with Gasteiger partial charge in [0.1, 0.15) is 17.3 Å². The molecule has 3 atom stereocenters. The summed E-state index contributed by atoms with van der Waals surface area (Å²) in [6.45, 7) is 12.0. The number of Topliss-reactive ketones (excluding diaryl/α,β-unsaturated/α-hetero) is 1. The highest BCUT2D eigenvalue weighted by Crippen LogP contribution is 2.65. The number of hydrogen-bond donors (Lipinski definition) is 2. The van der Waals surface area contributed by atoms with Gasteiger partial charge in [0.05, 0.1) is 0 Å². The molecule has 0 aliphatic heterocycles. The molecule has 0 bridgehead atoms. The zero-order chi connectivity index (χ0) is 22.0. The number of fused-ring (bicyclic) bond motifs is 1. The SMILES string of the molecule is CC(=O)OC1C2=C(C)C3(CC3)C(C)(O)C(=O)C2=CC1(C)CNC(=O)OC(C)(C)C. The first-order chi connectivity index (χ1) is 13.1. The van der Waals surface area contributed by atoms with Gasteiger partial charge in [-0.3, -0.25) is 9.59 Å². The van der Waals surface area contributed by atoms with E-state index in [-0.39, 0.29) is 12.3 Å². The second-order valence-electron chi connectivity index (χ2n) is 9.93. The monoisotopic (exact) mass is 405 g/mol. The average molecular weight is 405 g/mol. The predicted molar refractivity (Wildman–Crippen MR) is 106 cm³/mol. The number of aliphatic hydroxyl groups is 1. The van der Waals surface area contributed by atoms with Gasteiger partial charge in [0.25, 0.3) is 0 Å². The molecule has 7 nitrogen and oxygen atoms in total. The topological polar surface area (TPSA) is 102 Å². The van der Waals surface area contributed by atoms with Crippen LogP contribution < -0.4 is 5.32 Å². The van der Waals surface area contributed by atoms with E-state index >= 15 is 0 Å². The average Bonchev–Trinajstić information content (AvgIpc) is 3.32. The maximum Gasteiger partial charge on any atom is 0.407 e. The molecule has 3 aliphatic carbocycles. The van der Waals surface area contributed by atoms with Crippen molar-refractivity contribution in [2.24, 2.45) is 10.8 Å². The van der Waals surface area contributed by atoms with Crippen LogP contribution >= 0.6 is 0 Å². The largest absolute Gasteiger partial charge is 0.457 e. The van der Waals surface area contributed by atoms with Gasteiger partial charge in [-0.25, -0.2) is 4.79 Å². The smallest absolute Gasteiger partial charge is 0.407 e. The Hall–Kier alpha value is -2.15. The van der Waals surface area contributed by atoms with Crippen LogP contribution in [0.15, 0.2) is 22.8 Å². The van der Waals surface area contributed by atoms with E-state index in [0.29, 0.717) is 24.0 Å². The Morgan fingerprint density at radius 1 is 1.28 bits per heavy atom. The summed E-state index contributed by atoms with van der Waals surface area (Å²) in [4.78, 5) is 37.2. The summed E-state index contributed by atoms with van der Waals surface area (Å²) in [5.74, 6) is -0.822. The number of carbonyl (C=O) groups excluding carboxylic acids is 3. The molecule has 2 N–H and O–H groups in total. The van der Waals surface area contributed by atoms with E-state index in [4.69, 9.17) is 9.47 Å². The molecule has 0 aromatic rings. The van der Waals surface area contributed by atoms with E-state index in [1.165, 1.54) is 6.92 Å². The number of nitrogens with one attached hydrogen (secondary N) is 1. The second kappa shape index (κ2) is 6.42. The van der Waals surface area contributed by atoms with Crippen molar-refractivity contribution in [3.8, 4) is 0 Å². The molecule has 1 amide bonds. The first-order valence-electron chi connectivity index (χ1n) is 10.0. The van der Waals surface area contributed by atoms with Gasteiger partial charge in [-0.2, -0.15) is 0 Å². The van der Waals surface area contributed by atoms with Crippen molar-refractivity contribution in [1.29, 1.82) is 0 Å². The first-order valence-corrected chi connectivity index (χ1v) is 10.0. The molecule has 160 valence electrons. The van der Waals surface area contributed by atoms with Crippen LogP contribution in [0.2, 0.25) is 0 Å². The van der Waals surface area contributed by atoms with Gasteiger partial charge in [0.15, 0.2) is 5.78 Å². The molecule has 0 heterocycles. The minimum atomic E-state index is -1.49. The lowest BCUT2D eigenvalue weighted by Gasteiger charge is -2.40. The molecule has 7 heteroatoms. The Kier molecular flexibility index (Phi) is 4.77. The van der Waals surface area contributed by atoms with E-state index in [0.717, 1.165) is 5.57 Å². The summed E-state index contributed by atoms with van der Waals surface area (Å²) in [5, 5.41) is 13.7. The van der Waals surface area contributed by atoms with E-state index in [1.54, 1.807) is 33.8 Å². The van der Waals surface area contributed by atoms with Crippen molar-refractivity contribution >= 4 is 17.8 Å². The Bertz CT molecular complexity index is 840. The maximum absolute atomic E-state index is 13.2. The Morgan fingerprint density at radius 3 is 2.34 bits per heavy atom. The predicted octanol–water partition coefficient (Wildman–Crippen LogP) is 2.82. The number of carbonyl (C=O) groups is 3. The van der Waals surface area contributed by atoms with Crippen molar-refractivity contribution < 1.29 is 29.0 Å².